The lowest BCUT2D eigenvalue weighted by molar-refractivity contribution is -0.171. The molecular weight excluding hydrogens is 366 g/mol. The largest absolute Gasteiger partial charge is 0.375 e. The van der Waals surface area contributed by atoms with Crippen LogP contribution in [0.4, 0.5) is 0 Å². The van der Waals surface area contributed by atoms with Gasteiger partial charge in [0.1, 0.15) is 11.3 Å². The van der Waals surface area contributed by atoms with E-state index in [9.17, 15) is 4.79 Å². The highest BCUT2D eigenvalue weighted by molar-refractivity contribution is 5.90. The number of hydrogen-bond acceptors (Lipinski definition) is 5. The molecule has 0 spiro atoms. The smallest absolute Gasteiger partial charge is 0.267 e. The van der Waals surface area contributed by atoms with Gasteiger partial charge in [-0.3, -0.25) is 9.78 Å². The first-order valence-corrected chi connectivity index (χ1v) is 11.3. The first-order valence-electron chi connectivity index (χ1n) is 11.3. The van der Waals surface area contributed by atoms with Gasteiger partial charge in [-0.25, -0.2) is 0 Å². The number of carbonyl (C=O) groups is 1. The topological polar surface area (TPSA) is 77.7 Å². The maximum atomic E-state index is 11.7. The summed E-state index contributed by atoms with van der Waals surface area (Å²) in [5.41, 5.74) is 6.57. The summed E-state index contributed by atoms with van der Waals surface area (Å²) in [7, 11) is 1.83. The molecule has 1 amide bonds. The van der Waals surface area contributed by atoms with Gasteiger partial charge < -0.3 is 20.1 Å². The van der Waals surface area contributed by atoms with Crippen molar-refractivity contribution < 1.29 is 14.3 Å². The van der Waals surface area contributed by atoms with E-state index in [0.29, 0.717) is 29.7 Å². The summed E-state index contributed by atoms with van der Waals surface area (Å²) in [5, 5.41) is 0. The van der Waals surface area contributed by atoms with Crippen LogP contribution in [-0.4, -0.2) is 54.7 Å². The minimum atomic E-state index is -0.477. The maximum absolute atomic E-state index is 11.7. The lowest BCUT2D eigenvalue weighted by atomic mass is 9.62. The lowest BCUT2D eigenvalue weighted by Crippen LogP contribution is -2.59. The molecule has 3 aliphatic heterocycles. The van der Waals surface area contributed by atoms with Gasteiger partial charge in [0.05, 0.1) is 12.2 Å². The molecule has 4 fully saturated rings. The van der Waals surface area contributed by atoms with Gasteiger partial charge in [-0.2, -0.15) is 0 Å². The number of rotatable bonds is 5. The number of ether oxygens (including phenoxy) is 2. The molecule has 1 saturated carbocycles. The van der Waals surface area contributed by atoms with E-state index in [1.807, 2.05) is 19.2 Å². The van der Waals surface area contributed by atoms with Crippen molar-refractivity contribution in [1.29, 1.82) is 0 Å². The van der Waals surface area contributed by atoms with Gasteiger partial charge in [-0.15, -0.1) is 0 Å². The van der Waals surface area contributed by atoms with Gasteiger partial charge in [0.15, 0.2) is 0 Å². The van der Waals surface area contributed by atoms with Crippen molar-refractivity contribution in [1.82, 2.24) is 9.88 Å². The van der Waals surface area contributed by atoms with E-state index in [0.717, 1.165) is 37.4 Å². The van der Waals surface area contributed by atoms with Crippen molar-refractivity contribution in [2.24, 2.45) is 23.5 Å². The maximum Gasteiger partial charge on any atom is 0.267 e. The number of amides is 1. The van der Waals surface area contributed by atoms with Crippen molar-refractivity contribution in [3.63, 3.8) is 0 Å². The predicted octanol–water partition coefficient (Wildman–Crippen LogP) is 2.71. The summed E-state index contributed by atoms with van der Waals surface area (Å²) in [5.74, 6) is 1.15. The molecule has 1 aliphatic carbocycles. The number of hydrogen-bond donors (Lipinski definition) is 1. The highest BCUT2D eigenvalue weighted by atomic mass is 16.5. The van der Waals surface area contributed by atoms with Gasteiger partial charge in [0.2, 0.25) is 0 Å². The molecule has 2 N–H and O–H groups in total. The molecule has 3 saturated heterocycles. The predicted molar refractivity (Wildman–Crippen MR) is 109 cm³/mol. The van der Waals surface area contributed by atoms with Crippen molar-refractivity contribution in [2.75, 3.05) is 26.7 Å². The number of carbonyl (C=O) groups excluding carboxylic acids is 1. The Bertz CT molecular complexity index is 743. The molecule has 1 aromatic heterocycles. The van der Waals surface area contributed by atoms with E-state index in [2.05, 4.69) is 9.88 Å². The molecule has 3 unspecified atom stereocenters. The van der Waals surface area contributed by atoms with Gasteiger partial charge >= 0.3 is 0 Å². The van der Waals surface area contributed by atoms with Crippen LogP contribution in [0.3, 0.4) is 0 Å². The second-order valence-corrected chi connectivity index (χ2v) is 9.63. The number of aromatic nitrogens is 1. The minimum absolute atomic E-state index is 0.331. The molecule has 29 heavy (non-hydrogen) atoms. The van der Waals surface area contributed by atoms with Crippen LogP contribution >= 0.6 is 0 Å². The fraction of sp³-hybridized carbons (Fsp3) is 0.739. The fourth-order valence-corrected chi connectivity index (χ4v) is 6.89. The summed E-state index contributed by atoms with van der Waals surface area (Å²) in [6.07, 6.45) is 11.2. The van der Waals surface area contributed by atoms with Crippen molar-refractivity contribution in [2.45, 2.75) is 62.8 Å². The molecule has 4 heterocycles. The molecule has 1 aromatic rings. The van der Waals surface area contributed by atoms with E-state index in [-0.39, 0.29) is 5.60 Å². The van der Waals surface area contributed by atoms with Gasteiger partial charge in [0.25, 0.3) is 5.91 Å². The van der Waals surface area contributed by atoms with Crippen LogP contribution in [0, 0.1) is 17.8 Å². The van der Waals surface area contributed by atoms with Crippen LogP contribution in [-0.2, 0) is 15.1 Å². The van der Waals surface area contributed by atoms with Crippen LogP contribution < -0.4 is 5.73 Å². The highest BCUT2D eigenvalue weighted by Gasteiger charge is 2.53. The Morgan fingerprint density at radius 1 is 1.24 bits per heavy atom. The van der Waals surface area contributed by atoms with Crippen molar-refractivity contribution >= 4 is 5.91 Å². The molecule has 6 nitrogen and oxygen atoms in total. The zero-order valence-electron chi connectivity index (χ0n) is 17.4. The monoisotopic (exact) mass is 399 g/mol. The van der Waals surface area contributed by atoms with E-state index in [1.165, 1.54) is 38.6 Å². The van der Waals surface area contributed by atoms with E-state index in [1.54, 1.807) is 6.20 Å². The molecular formula is C23H33N3O3. The number of pyridine rings is 1. The Kier molecular flexibility index (Phi) is 5.13. The Balaban J connectivity index is 1.37. The van der Waals surface area contributed by atoms with Gasteiger partial charge in [0, 0.05) is 44.8 Å². The number of methoxy groups -OCH3 is 1. The normalized spacial score (nSPS) is 39.4. The molecule has 4 bridgehead atoms. The standard InChI is InChI=1S/C23H33N3O3/c1-28-23(16-7-8-25-21(11-16)22(24)27)17-3-2-4-18(23)14-26(13-17)12-15-9-19-5-6-20(10-15)29-19/h7-8,11,15,17-20H,2-6,9-10,12-14H2,1H3,(H2,24,27)/t15?,17?,18?,19-,20+,23?. The molecule has 0 aromatic carbocycles. The number of nitrogens with two attached hydrogens (primary N) is 1. The molecule has 5 rings (SSSR count). The Morgan fingerprint density at radius 3 is 2.55 bits per heavy atom. The van der Waals surface area contributed by atoms with Crippen molar-refractivity contribution in [3.8, 4) is 0 Å². The van der Waals surface area contributed by atoms with Crippen LogP contribution in [0.2, 0.25) is 0 Å². The second kappa shape index (κ2) is 7.64. The first kappa shape index (κ1) is 19.5. The third-order valence-corrected chi connectivity index (χ3v) is 7.98. The van der Waals surface area contributed by atoms with Crippen LogP contribution in [0.25, 0.3) is 0 Å². The summed E-state index contributed by atoms with van der Waals surface area (Å²) in [4.78, 5) is 18.6. The van der Waals surface area contributed by atoms with E-state index >= 15 is 0 Å². The first-order chi connectivity index (χ1) is 14.1. The fourth-order valence-electron chi connectivity index (χ4n) is 6.89. The van der Waals surface area contributed by atoms with Gasteiger partial charge in [-0.05, 0) is 62.1 Å². The molecule has 158 valence electrons. The Hall–Kier alpha value is -1.50. The number of primary amides is 1. The third kappa shape index (κ3) is 3.39. The zero-order valence-corrected chi connectivity index (χ0v) is 17.4. The Labute approximate surface area is 173 Å². The van der Waals surface area contributed by atoms with Gasteiger partial charge in [-0.1, -0.05) is 6.42 Å². The Morgan fingerprint density at radius 2 is 1.93 bits per heavy atom. The average molecular weight is 400 g/mol. The van der Waals surface area contributed by atoms with E-state index < -0.39 is 5.91 Å². The molecule has 4 aliphatic rings. The third-order valence-electron chi connectivity index (χ3n) is 7.98. The highest BCUT2D eigenvalue weighted by Crippen LogP contribution is 2.51. The molecule has 6 heteroatoms. The van der Waals surface area contributed by atoms with Crippen LogP contribution in [0.5, 0.6) is 0 Å². The van der Waals surface area contributed by atoms with E-state index in [4.69, 9.17) is 15.2 Å². The minimum Gasteiger partial charge on any atom is -0.375 e. The average Bonchev–Trinajstić information content (AvgIpc) is 3.05. The van der Waals surface area contributed by atoms with Crippen LogP contribution in [0.1, 0.15) is 61.0 Å². The molecule has 5 atom stereocenters. The molecule has 0 radical (unpaired) electrons. The summed E-state index contributed by atoms with van der Waals surface area (Å²) in [6.45, 7) is 3.31. The SMILES string of the molecule is COC1(c2ccnc(C(N)=O)c2)C2CCCC1CN(CC1C[C@H]3CC[C@@H](C1)O3)C2. The number of piperidine rings is 1. The zero-order chi connectivity index (χ0) is 20.0. The second-order valence-electron chi connectivity index (χ2n) is 9.63. The summed E-state index contributed by atoms with van der Waals surface area (Å²) < 4.78 is 12.4. The quantitative estimate of drug-likeness (QED) is 0.824. The van der Waals surface area contributed by atoms with Crippen LogP contribution in [0.15, 0.2) is 18.3 Å². The summed E-state index contributed by atoms with van der Waals surface area (Å²) >= 11 is 0. The lowest BCUT2D eigenvalue weighted by Gasteiger charge is -2.56. The number of likely N-dealkylation sites (tertiary alicyclic amines) is 1. The number of nitrogens with zero attached hydrogens (tertiary/aromatic N) is 2. The summed E-state index contributed by atoms with van der Waals surface area (Å²) in [6, 6.07) is 3.88. The number of fused-ring (bicyclic) bond motifs is 4. The van der Waals surface area contributed by atoms with Crippen molar-refractivity contribution in [3.05, 3.63) is 29.6 Å².